The number of hydrogen-bond donors (Lipinski definition) is 1. The summed E-state index contributed by atoms with van der Waals surface area (Å²) in [6.07, 6.45) is 3.09. The number of hydrogen-bond acceptors (Lipinski definition) is 8. The van der Waals surface area contributed by atoms with Crippen LogP contribution in [0, 0.1) is 11.7 Å². The number of benzene rings is 2. The minimum Gasteiger partial charge on any atom is -0.493 e. The van der Waals surface area contributed by atoms with E-state index in [4.69, 9.17) is 9.47 Å². The number of H-pyrrole nitrogens is 1. The molecule has 4 heterocycles. The Morgan fingerprint density at radius 3 is 2.50 bits per heavy atom. The fourth-order valence-electron chi connectivity index (χ4n) is 5.59. The highest BCUT2D eigenvalue weighted by Gasteiger charge is 2.56. The van der Waals surface area contributed by atoms with E-state index in [0.717, 1.165) is 48.6 Å². The van der Waals surface area contributed by atoms with Crippen LogP contribution in [0.25, 0.3) is 0 Å². The second-order valence-electron chi connectivity index (χ2n) is 9.88. The summed E-state index contributed by atoms with van der Waals surface area (Å²) in [5, 5.41) is -0.223. The monoisotopic (exact) mass is 583 g/mol. The fraction of sp³-hybridized carbons (Fsp3) is 0.357. The minimum atomic E-state index is -0.793. The van der Waals surface area contributed by atoms with Gasteiger partial charge in [0.2, 0.25) is 11.8 Å². The summed E-state index contributed by atoms with van der Waals surface area (Å²) in [5.74, 6) is -2.05. The van der Waals surface area contributed by atoms with Gasteiger partial charge in [-0.1, -0.05) is 29.2 Å². The van der Waals surface area contributed by atoms with Gasteiger partial charge in [-0.05, 0) is 61.2 Å². The molecule has 3 aliphatic rings. The Kier molecular flexibility index (Phi) is 7.13. The van der Waals surface area contributed by atoms with Crippen molar-refractivity contribution < 1.29 is 28.2 Å². The fourth-order valence-corrected chi connectivity index (χ4v) is 8.11. The Balaban J connectivity index is 1.32. The second kappa shape index (κ2) is 10.7. The zero-order chi connectivity index (χ0) is 28.0. The van der Waals surface area contributed by atoms with E-state index in [-0.39, 0.29) is 17.4 Å². The van der Waals surface area contributed by atoms with Crippen molar-refractivity contribution in [2.24, 2.45) is 5.92 Å². The standard InChI is InChI=1S/C28H26FN3O6S2/c1-37-19-13-15(5-10-18(19)38-14-20(33)31-11-3-2-4-12-31)21-22-24(39-25-23(21)40-28(36)30-25)27(35)32(26(22)34)17-8-6-16(29)7-9-17/h5-10,13,21-22,24H,2-4,11-12,14H2,1H3,(H,30,36). The molecule has 3 atom stereocenters. The van der Waals surface area contributed by atoms with Crippen LogP contribution in [0.4, 0.5) is 10.1 Å². The van der Waals surface area contributed by atoms with E-state index in [0.29, 0.717) is 32.7 Å². The molecule has 3 unspecified atom stereocenters. The zero-order valence-corrected chi connectivity index (χ0v) is 23.2. The first-order valence-electron chi connectivity index (χ1n) is 13.0. The molecule has 12 heteroatoms. The number of nitrogens with zero attached hydrogens (tertiary/aromatic N) is 2. The van der Waals surface area contributed by atoms with E-state index in [2.05, 4.69) is 4.98 Å². The average Bonchev–Trinajstić information content (AvgIpc) is 3.46. The molecule has 0 saturated carbocycles. The van der Waals surface area contributed by atoms with Crippen LogP contribution in [0.5, 0.6) is 11.5 Å². The smallest absolute Gasteiger partial charge is 0.305 e. The number of methoxy groups -OCH3 is 1. The van der Waals surface area contributed by atoms with Crippen LogP contribution in [0.2, 0.25) is 0 Å². The van der Waals surface area contributed by atoms with Gasteiger partial charge in [-0.2, -0.15) is 0 Å². The van der Waals surface area contributed by atoms with Crippen molar-refractivity contribution in [2.75, 3.05) is 31.7 Å². The van der Waals surface area contributed by atoms with Crippen LogP contribution < -0.4 is 19.2 Å². The highest BCUT2D eigenvalue weighted by Crippen LogP contribution is 2.53. The number of piperidine rings is 1. The number of ether oxygens (including phenoxy) is 2. The number of thioether (sulfide) groups is 1. The molecule has 3 amide bonds. The van der Waals surface area contributed by atoms with E-state index in [1.807, 2.05) is 0 Å². The molecule has 3 aliphatic heterocycles. The molecule has 0 aliphatic carbocycles. The molecule has 9 nitrogen and oxygen atoms in total. The van der Waals surface area contributed by atoms with Gasteiger partial charge >= 0.3 is 4.87 Å². The highest BCUT2D eigenvalue weighted by molar-refractivity contribution is 8.00. The van der Waals surface area contributed by atoms with E-state index >= 15 is 0 Å². The predicted octanol–water partition coefficient (Wildman–Crippen LogP) is 3.77. The van der Waals surface area contributed by atoms with Gasteiger partial charge in [0.05, 0.1) is 23.7 Å². The van der Waals surface area contributed by atoms with E-state index in [9.17, 15) is 23.6 Å². The summed E-state index contributed by atoms with van der Waals surface area (Å²) >= 11 is 2.17. The van der Waals surface area contributed by atoms with Crippen molar-refractivity contribution in [3.8, 4) is 11.5 Å². The van der Waals surface area contributed by atoms with Gasteiger partial charge in [0, 0.05) is 23.9 Å². The van der Waals surface area contributed by atoms with Gasteiger partial charge in [-0.3, -0.25) is 19.2 Å². The average molecular weight is 584 g/mol. The molecular weight excluding hydrogens is 557 g/mol. The van der Waals surface area contributed by atoms with Gasteiger partial charge in [-0.15, -0.1) is 0 Å². The third-order valence-corrected chi connectivity index (χ3v) is 9.92. The van der Waals surface area contributed by atoms with Crippen molar-refractivity contribution >= 4 is 46.5 Å². The molecule has 1 N–H and O–H groups in total. The first-order valence-corrected chi connectivity index (χ1v) is 14.7. The normalized spacial score (nSPS) is 22.2. The Morgan fingerprint density at radius 2 is 1.77 bits per heavy atom. The van der Waals surface area contributed by atoms with Crippen molar-refractivity contribution in [3.63, 3.8) is 0 Å². The number of aromatic amines is 1. The lowest BCUT2D eigenvalue weighted by Gasteiger charge is -2.30. The molecular formula is C28H26FN3O6S2. The molecule has 40 heavy (non-hydrogen) atoms. The summed E-state index contributed by atoms with van der Waals surface area (Å²) in [7, 11) is 1.48. The number of anilines is 1. The van der Waals surface area contributed by atoms with Gasteiger partial charge < -0.3 is 19.4 Å². The Bertz CT molecular complexity index is 1530. The van der Waals surface area contributed by atoms with Crippen LogP contribution in [-0.2, 0) is 14.4 Å². The Labute approximate surface area is 237 Å². The number of halogens is 1. The minimum absolute atomic E-state index is 0.0873. The SMILES string of the molecule is COc1cc(C2c3sc(=O)[nH]c3SC3C(=O)N(c4ccc(F)cc4)C(=O)C32)ccc1OCC(=O)N1CCCCC1. The topological polar surface area (TPSA) is 109 Å². The van der Waals surface area contributed by atoms with Crippen molar-refractivity contribution in [1.82, 2.24) is 9.88 Å². The lowest BCUT2D eigenvalue weighted by atomic mass is 9.83. The summed E-state index contributed by atoms with van der Waals surface area (Å²) in [4.78, 5) is 58.4. The van der Waals surface area contributed by atoms with Gasteiger partial charge in [-0.25, -0.2) is 9.29 Å². The molecule has 6 rings (SSSR count). The first-order chi connectivity index (χ1) is 19.4. The molecule has 0 radical (unpaired) electrons. The van der Waals surface area contributed by atoms with E-state index in [1.165, 1.54) is 43.1 Å². The largest absolute Gasteiger partial charge is 0.493 e. The summed E-state index contributed by atoms with van der Waals surface area (Å²) in [6, 6.07) is 10.4. The molecule has 2 fully saturated rings. The van der Waals surface area contributed by atoms with Crippen molar-refractivity contribution in [1.29, 1.82) is 0 Å². The maximum atomic E-state index is 13.8. The van der Waals surface area contributed by atoms with Gasteiger partial charge in [0.25, 0.3) is 5.91 Å². The number of likely N-dealkylation sites (tertiary alicyclic amines) is 1. The first kappa shape index (κ1) is 26.6. The number of imide groups is 1. The lowest BCUT2D eigenvalue weighted by Crippen LogP contribution is -2.38. The van der Waals surface area contributed by atoms with Crippen LogP contribution in [0.1, 0.15) is 35.6 Å². The molecule has 0 spiro atoms. The number of rotatable bonds is 6. The summed E-state index contributed by atoms with van der Waals surface area (Å²) in [5.41, 5.74) is 0.960. The number of nitrogens with one attached hydrogen (secondary N) is 1. The van der Waals surface area contributed by atoms with Crippen LogP contribution in [0.3, 0.4) is 0 Å². The number of carbonyl (C=O) groups is 3. The van der Waals surface area contributed by atoms with E-state index < -0.39 is 34.7 Å². The maximum absolute atomic E-state index is 13.8. The number of aromatic nitrogens is 1. The second-order valence-corrected chi connectivity index (χ2v) is 12.0. The maximum Gasteiger partial charge on any atom is 0.305 e. The summed E-state index contributed by atoms with van der Waals surface area (Å²) in [6.45, 7) is 1.33. The van der Waals surface area contributed by atoms with Crippen LogP contribution >= 0.6 is 23.1 Å². The number of fused-ring (bicyclic) bond motifs is 2. The van der Waals surface area contributed by atoms with Crippen LogP contribution in [0.15, 0.2) is 52.3 Å². The Morgan fingerprint density at radius 1 is 1.02 bits per heavy atom. The number of carbonyl (C=O) groups excluding carboxylic acids is 3. The van der Waals surface area contributed by atoms with Crippen LogP contribution in [-0.4, -0.2) is 59.7 Å². The molecule has 1 aromatic heterocycles. The molecule has 208 valence electrons. The molecule has 2 aromatic carbocycles. The van der Waals surface area contributed by atoms with Gasteiger partial charge in [0.1, 0.15) is 11.1 Å². The molecule has 3 aromatic rings. The highest BCUT2D eigenvalue weighted by atomic mass is 32.2. The molecule has 2 saturated heterocycles. The van der Waals surface area contributed by atoms with Crippen molar-refractivity contribution in [2.45, 2.75) is 35.5 Å². The lowest BCUT2D eigenvalue weighted by molar-refractivity contribution is -0.134. The van der Waals surface area contributed by atoms with E-state index in [1.54, 1.807) is 23.1 Å². The predicted molar refractivity (Wildman–Crippen MR) is 148 cm³/mol. The number of amides is 3. The quantitative estimate of drug-likeness (QED) is 0.440. The number of thiazole rings is 1. The summed E-state index contributed by atoms with van der Waals surface area (Å²) < 4.78 is 25.0. The Hall–Kier alpha value is -3.64. The zero-order valence-electron chi connectivity index (χ0n) is 21.6. The van der Waals surface area contributed by atoms with Gasteiger partial charge in [0.15, 0.2) is 18.1 Å². The third kappa shape index (κ3) is 4.68. The molecule has 0 bridgehead atoms. The van der Waals surface area contributed by atoms with Crippen molar-refractivity contribution in [3.05, 3.63) is 68.4 Å². The third-order valence-electron chi connectivity index (χ3n) is 7.52.